The summed E-state index contributed by atoms with van der Waals surface area (Å²) >= 11 is 1.61. The second kappa shape index (κ2) is 8.75. The second-order valence-corrected chi connectivity index (χ2v) is 7.32. The number of benzene rings is 1. The highest BCUT2D eigenvalue weighted by atomic mass is 32.1. The Hall–Kier alpha value is -3.71. The smallest absolute Gasteiger partial charge is 0.258 e. The van der Waals surface area contributed by atoms with Crippen molar-refractivity contribution in [2.75, 3.05) is 7.11 Å². The van der Waals surface area contributed by atoms with Gasteiger partial charge < -0.3 is 10.1 Å². The Morgan fingerprint density at radius 2 is 2.00 bits per heavy atom. The van der Waals surface area contributed by atoms with Gasteiger partial charge in [0.2, 0.25) is 0 Å². The average molecular weight is 417 g/mol. The van der Waals surface area contributed by atoms with Crippen LogP contribution in [0.2, 0.25) is 0 Å². The summed E-state index contributed by atoms with van der Waals surface area (Å²) < 4.78 is 6.70. The Morgan fingerprint density at radius 1 is 1.17 bits per heavy atom. The minimum Gasteiger partial charge on any atom is -0.496 e. The van der Waals surface area contributed by atoms with Crippen molar-refractivity contribution < 1.29 is 9.53 Å². The zero-order valence-corrected chi connectivity index (χ0v) is 17.1. The molecule has 1 N–H and O–H groups in total. The highest BCUT2D eigenvalue weighted by Gasteiger charge is 2.16. The summed E-state index contributed by atoms with van der Waals surface area (Å²) in [6.45, 7) is 0.326. The monoisotopic (exact) mass is 417 g/mol. The molecule has 0 saturated carbocycles. The van der Waals surface area contributed by atoms with Crippen LogP contribution >= 0.6 is 11.3 Å². The predicted molar refractivity (Wildman–Crippen MR) is 117 cm³/mol. The first kappa shape index (κ1) is 19.6. The quantitative estimate of drug-likeness (QED) is 0.516. The molecule has 0 aliphatic heterocycles. The Morgan fingerprint density at radius 3 is 2.73 bits per heavy atom. The van der Waals surface area contributed by atoms with Crippen molar-refractivity contribution in [3.8, 4) is 22.7 Å². The molecule has 0 bridgehead atoms. The number of hydrogen-bond acceptors (Lipinski definition) is 5. The molecular formula is C23H19N3O3S. The Labute approximate surface area is 177 Å². The van der Waals surface area contributed by atoms with Gasteiger partial charge in [0.25, 0.3) is 11.5 Å². The Bertz CT molecular complexity index is 1220. The molecule has 1 aromatic carbocycles. The van der Waals surface area contributed by atoms with Gasteiger partial charge in [-0.2, -0.15) is 11.3 Å². The third-order valence-electron chi connectivity index (χ3n) is 4.61. The summed E-state index contributed by atoms with van der Waals surface area (Å²) in [4.78, 5) is 29.7. The van der Waals surface area contributed by atoms with Crippen molar-refractivity contribution in [2.24, 2.45) is 0 Å². The van der Waals surface area contributed by atoms with Gasteiger partial charge in [0.15, 0.2) is 0 Å². The molecule has 7 heteroatoms. The fourth-order valence-corrected chi connectivity index (χ4v) is 3.73. The van der Waals surface area contributed by atoms with Crippen LogP contribution in [0.3, 0.4) is 0 Å². The van der Waals surface area contributed by atoms with E-state index in [1.54, 1.807) is 29.7 Å². The minimum absolute atomic E-state index is 0.235. The molecule has 0 aliphatic carbocycles. The van der Waals surface area contributed by atoms with E-state index in [4.69, 9.17) is 4.74 Å². The molecule has 3 heterocycles. The molecule has 30 heavy (non-hydrogen) atoms. The van der Waals surface area contributed by atoms with Crippen LogP contribution in [0.25, 0.3) is 16.9 Å². The minimum atomic E-state index is -0.328. The molecular weight excluding hydrogens is 398 g/mol. The zero-order chi connectivity index (χ0) is 20.9. The topological polar surface area (TPSA) is 73.2 Å². The van der Waals surface area contributed by atoms with Gasteiger partial charge in [-0.25, -0.2) is 0 Å². The van der Waals surface area contributed by atoms with Crippen LogP contribution in [-0.2, 0) is 6.54 Å². The number of nitrogens with one attached hydrogen (secondary N) is 1. The molecule has 0 unspecified atom stereocenters. The fourth-order valence-electron chi connectivity index (χ4n) is 3.08. The molecule has 0 aliphatic rings. The summed E-state index contributed by atoms with van der Waals surface area (Å²) in [7, 11) is 1.44. The van der Waals surface area contributed by atoms with E-state index in [-0.39, 0.29) is 22.8 Å². The van der Waals surface area contributed by atoms with Crippen LogP contribution in [0.5, 0.6) is 5.75 Å². The molecule has 0 saturated heterocycles. The largest absolute Gasteiger partial charge is 0.496 e. The van der Waals surface area contributed by atoms with Crippen LogP contribution in [0.15, 0.2) is 82.5 Å². The summed E-state index contributed by atoms with van der Waals surface area (Å²) in [5.41, 5.74) is 3.52. The predicted octanol–water partition coefficient (Wildman–Crippen LogP) is 3.90. The Kier molecular flexibility index (Phi) is 5.72. The summed E-state index contributed by atoms with van der Waals surface area (Å²) in [5, 5.41) is 6.93. The van der Waals surface area contributed by atoms with Crippen molar-refractivity contribution in [1.82, 2.24) is 14.9 Å². The number of carbonyl (C=O) groups excluding carboxylic acids is 1. The fraction of sp³-hybridized carbons (Fsp3) is 0.0870. The van der Waals surface area contributed by atoms with E-state index in [0.29, 0.717) is 12.2 Å². The Balaban J connectivity index is 1.58. The molecule has 4 rings (SSSR count). The van der Waals surface area contributed by atoms with Gasteiger partial charge in [0.05, 0.1) is 18.4 Å². The first-order valence-corrected chi connectivity index (χ1v) is 10.2. The molecule has 1 amide bonds. The molecule has 0 radical (unpaired) electrons. The van der Waals surface area contributed by atoms with Crippen LogP contribution in [0, 0.1) is 0 Å². The van der Waals surface area contributed by atoms with Gasteiger partial charge in [-0.1, -0.05) is 18.2 Å². The van der Waals surface area contributed by atoms with Crippen molar-refractivity contribution in [2.45, 2.75) is 6.54 Å². The number of methoxy groups -OCH3 is 1. The third kappa shape index (κ3) is 4.16. The number of rotatable bonds is 6. The van der Waals surface area contributed by atoms with Crippen molar-refractivity contribution >= 4 is 17.2 Å². The molecule has 150 valence electrons. The first-order valence-electron chi connectivity index (χ1n) is 9.27. The molecule has 6 nitrogen and oxygen atoms in total. The number of amides is 1. The van der Waals surface area contributed by atoms with Gasteiger partial charge >= 0.3 is 0 Å². The number of hydrogen-bond donors (Lipinski definition) is 1. The van der Waals surface area contributed by atoms with Crippen molar-refractivity contribution in [3.05, 3.63) is 99.2 Å². The van der Waals surface area contributed by atoms with Gasteiger partial charge in [-0.15, -0.1) is 0 Å². The lowest BCUT2D eigenvalue weighted by molar-refractivity contribution is 0.0947. The molecule has 3 aromatic heterocycles. The van der Waals surface area contributed by atoms with Gasteiger partial charge in [-0.05, 0) is 41.3 Å². The zero-order valence-electron chi connectivity index (χ0n) is 16.2. The average Bonchev–Trinajstić information content (AvgIpc) is 3.33. The number of aromatic nitrogens is 2. The van der Waals surface area contributed by atoms with E-state index in [0.717, 1.165) is 16.8 Å². The number of nitrogens with zero attached hydrogens (tertiary/aromatic N) is 2. The third-order valence-corrected chi connectivity index (χ3v) is 5.29. The highest BCUT2D eigenvalue weighted by molar-refractivity contribution is 7.08. The van der Waals surface area contributed by atoms with Crippen LogP contribution in [0.4, 0.5) is 0 Å². The number of para-hydroxylation sites is 1. The highest BCUT2D eigenvalue weighted by Crippen LogP contribution is 2.21. The second-order valence-electron chi connectivity index (χ2n) is 6.54. The van der Waals surface area contributed by atoms with E-state index in [1.165, 1.54) is 23.9 Å². The maximum absolute atomic E-state index is 12.9. The van der Waals surface area contributed by atoms with E-state index < -0.39 is 0 Å². The van der Waals surface area contributed by atoms with Crippen LogP contribution in [0.1, 0.15) is 15.9 Å². The lowest BCUT2D eigenvalue weighted by atomic mass is 10.1. The maximum atomic E-state index is 12.9. The molecule has 4 aromatic rings. The lowest BCUT2D eigenvalue weighted by Gasteiger charge is -2.13. The van der Waals surface area contributed by atoms with Crippen molar-refractivity contribution in [1.29, 1.82) is 0 Å². The van der Waals surface area contributed by atoms with E-state index >= 15 is 0 Å². The number of carbonyl (C=O) groups is 1. The summed E-state index contributed by atoms with van der Waals surface area (Å²) in [6.07, 6.45) is 3.24. The summed E-state index contributed by atoms with van der Waals surface area (Å²) in [5.74, 6) is -0.0937. The maximum Gasteiger partial charge on any atom is 0.258 e. The lowest BCUT2D eigenvalue weighted by Crippen LogP contribution is -2.27. The summed E-state index contributed by atoms with van der Waals surface area (Å²) in [6, 6.07) is 16.3. The van der Waals surface area contributed by atoms with E-state index in [1.807, 2.05) is 47.2 Å². The SMILES string of the molecule is COc1cc(=O)n(-c2ccccc2)cc1C(=O)NCc1ccnc(-c2ccsc2)c1. The number of pyridine rings is 2. The van der Waals surface area contributed by atoms with E-state index in [2.05, 4.69) is 10.3 Å². The number of thiophene rings is 1. The van der Waals surface area contributed by atoms with Gasteiger partial charge in [0, 0.05) is 41.6 Å². The van der Waals surface area contributed by atoms with Crippen LogP contribution in [-0.4, -0.2) is 22.6 Å². The van der Waals surface area contributed by atoms with E-state index in [9.17, 15) is 9.59 Å². The molecule has 0 spiro atoms. The standard InChI is InChI=1S/C23H19N3O3S/c1-29-21-12-22(27)26(18-5-3-2-4-6-18)14-19(21)23(28)25-13-16-7-9-24-20(11-16)17-8-10-30-15-17/h2-12,14-15H,13H2,1H3,(H,25,28). The van der Waals surface area contributed by atoms with Gasteiger partial charge in [-0.3, -0.25) is 19.1 Å². The van der Waals surface area contributed by atoms with Gasteiger partial charge in [0.1, 0.15) is 5.75 Å². The van der Waals surface area contributed by atoms with Crippen molar-refractivity contribution in [3.63, 3.8) is 0 Å². The van der Waals surface area contributed by atoms with Crippen LogP contribution < -0.4 is 15.6 Å². The number of ether oxygens (including phenoxy) is 1. The normalized spacial score (nSPS) is 10.6. The molecule has 0 atom stereocenters. The molecule has 0 fully saturated rings. The first-order chi connectivity index (χ1) is 14.7.